The van der Waals surface area contributed by atoms with Gasteiger partial charge in [0.25, 0.3) is 5.91 Å². The Morgan fingerprint density at radius 2 is 1.77 bits per heavy atom. The van der Waals surface area contributed by atoms with Crippen LogP contribution in [0.3, 0.4) is 0 Å². The number of benzene rings is 2. The minimum atomic E-state index is -3.49. The van der Waals surface area contributed by atoms with Gasteiger partial charge in [-0.15, -0.1) is 11.8 Å². The summed E-state index contributed by atoms with van der Waals surface area (Å²) in [4.78, 5) is 13.3. The van der Waals surface area contributed by atoms with Crippen molar-refractivity contribution in [3.63, 3.8) is 0 Å². The number of carbonyl (C=O) groups is 1. The van der Waals surface area contributed by atoms with Crippen molar-refractivity contribution < 1.29 is 13.2 Å². The highest BCUT2D eigenvalue weighted by Gasteiger charge is 2.12. The summed E-state index contributed by atoms with van der Waals surface area (Å²) < 4.78 is 25.5. The van der Waals surface area contributed by atoms with Gasteiger partial charge >= 0.3 is 0 Å². The van der Waals surface area contributed by atoms with Gasteiger partial charge < -0.3 is 5.32 Å². The molecule has 116 valence electrons. The van der Waals surface area contributed by atoms with Crippen molar-refractivity contribution in [1.29, 1.82) is 0 Å². The summed E-state index contributed by atoms with van der Waals surface area (Å²) in [6.07, 6.45) is 1.96. The summed E-state index contributed by atoms with van der Waals surface area (Å²) in [5.41, 5.74) is 1.09. The first-order chi connectivity index (χ1) is 10.5. The average molecular weight is 336 g/mol. The van der Waals surface area contributed by atoms with Gasteiger partial charge in [0.1, 0.15) is 0 Å². The number of amides is 1. The molecule has 0 spiro atoms. The summed E-state index contributed by atoms with van der Waals surface area (Å²) in [7, 11) is -2.15. The molecule has 2 N–H and O–H groups in total. The number of rotatable bonds is 5. The fourth-order valence-corrected chi connectivity index (χ4v) is 3.00. The Morgan fingerprint density at radius 1 is 1.09 bits per heavy atom. The zero-order valence-corrected chi connectivity index (χ0v) is 13.8. The Balaban J connectivity index is 2.16. The van der Waals surface area contributed by atoms with Gasteiger partial charge in [-0.1, -0.05) is 6.07 Å². The molecule has 2 aromatic carbocycles. The van der Waals surface area contributed by atoms with Crippen molar-refractivity contribution >= 4 is 33.4 Å². The lowest BCUT2D eigenvalue weighted by atomic mass is 10.2. The van der Waals surface area contributed by atoms with Crippen LogP contribution in [0.5, 0.6) is 0 Å². The molecule has 0 aliphatic heterocycles. The van der Waals surface area contributed by atoms with E-state index in [1.807, 2.05) is 24.5 Å². The van der Waals surface area contributed by atoms with Crippen molar-refractivity contribution in [3.05, 3.63) is 54.1 Å². The number of thioether (sulfide) groups is 1. The molecule has 1 amide bonds. The predicted molar refractivity (Wildman–Crippen MR) is 88.9 cm³/mol. The molecule has 0 aliphatic carbocycles. The zero-order valence-electron chi connectivity index (χ0n) is 12.2. The summed E-state index contributed by atoms with van der Waals surface area (Å²) in [5, 5.41) is 2.79. The molecule has 0 radical (unpaired) electrons. The first kappa shape index (κ1) is 16.5. The van der Waals surface area contributed by atoms with Gasteiger partial charge in [-0.2, -0.15) is 0 Å². The molecule has 2 rings (SSSR count). The largest absolute Gasteiger partial charge is 0.322 e. The fraction of sp³-hybridized carbons (Fsp3) is 0.133. The van der Waals surface area contributed by atoms with E-state index in [9.17, 15) is 13.2 Å². The molecular weight excluding hydrogens is 320 g/mol. The topological polar surface area (TPSA) is 75.3 Å². The highest BCUT2D eigenvalue weighted by atomic mass is 32.2. The van der Waals surface area contributed by atoms with Gasteiger partial charge in [-0.25, -0.2) is 13.1 Å². The SMILES string of the molecule is CNS(=O)(=O)c1ccc(C(=O)Nc2cccc(SC)c2)cc1. The average Bonchev–Trinajstić information content (AvgIpc) is 2.55. The first-order valence-electron chi connectivity index (χ1n) is 6.45. The third kappa shape index (κ3) is 3.88. The second-order valence-corrected chi connectivity index (χ2v) is 7.18. The van der Waals surface area contributed by atoms with E-state index in [2.05, 4.69) is 10.0 Å². The van der Waals surface area contributed by atoms with Gasteiger partial charge in [0.05, 0.1) is 4.90 Å². The van der Waals surface area contributed by atoms with E-state index in [0.717, 1.165) is 4.90 Å². The van der Waals surface area contributed by atoms with E-state index in [-0.39, 0.29) is 10.8 Å². The fourth-order valence-electron chi connectivity index (χ4n) is 1.81. The normalized spacial score (nSPS) is 11.2. The molecule has 0 unspecified atom stereocenters. The molecule has 0 fully saturated rings. The molecule has 0 saturated carbocycles. The molecule has 0 atom stereocenters. The minimum Gasteiger partial charge on any atom is -0.322 e. The predicted octanol–water partition coefficient (Wildman–Crippen LogP) is 2.57. The van der Waals surface area contributed by atoms with Crippen LogP contribution < -0.4 is 10.0 Å². The number of anilines is 1. The van der Waals surface area contributed by atoms with E-state index < -0.39 is 10.0 Å². The lowest BCUT2D eigenvalue weighted by Crippen LogP contribution is -2.19. The van der Waals surface area contributed by atoms with Crippen LogP contribution in [-0.2, 0) is 10.0 Å². The maximum Gasteiger partial charge on any atom is 0.255 e. The minimum absolute atomic E-state index is 0.121. The Labute approximate surface area is 134 Å². The number of hydrogen-bond acceptors (Lipinski definition) is 4. The molecule has 22 heavy (non-hydrogen) atoms. The van der Waals surface area contributed by atoms with Gasteiger partial charge in [0.15, 0.2) is 0 Å². The van der Waals surface area contributed by atoms with Crippen LogP contribution in [0.2, 0.25) is 0 Å². The lowest BCUT2D eigenvalue weighted by molar-refractivity contribution is 0.102. The maximum atomic E-state index is 12.2. The molecule has 0 saturated heterocycles. The van der Waals surface area contributed by atoms with Gasteiger partial charge in [0, 0.05) is 16.1 Å². The third-order valence-corrected chi connectivity index (χ3v) is 5.18. The molecule has 5 nitrogen and oxygen atoms in total. The van der Waals surface area contributed by atoms with Crippen LogP contribution in [0.1, 0.15) is 10.4 Å². The molecule has 0 aromatic heterocycles. The second kappa shape index (κ2) is 6.95. The number of hydrogen-bond donors (Lipinski definition) is 2. The summed E-state index contributed by atoms with van der Waals surface area (Å²) in [6.45, 7) is 0. The molecule has 0 heterocycles. The van der Waals surface area contributed by atoms with Crippen molar-refractivity contribution in [2.24, 2.45) is 0 Å². The summed E-state index contributed by atoms with van der Waals surface area (Å²) in [6, 6.07) is 13.3. The Hall–Kier alpha value is -1.83. The first-order valence-corrected chi connectivity index (χ1v) is 9.16. The monoisotopic (exact) mass is 336 g/mol. The van der Waals surface area contributed by atoms with Crippen molar-refractivity contribution in [2.75, 3.05) is 18.6 Å². The van der Waals surface area contributed by atoms with Crippen molar-refractivity contribution in [1.82, 2.24) is 4.72 Å². The quantitative estimate of drug-likeness (QED) is 0.823. The summed E-state index contributed by atoms with van der Waals surface area (Å²) in [5.74, 6) is -0.286. The molecule has 2 aromatic rings. The van der Waals surface area contributed by atoms with Crippen LogP contribution >= 0.6 is 11.8 Å². The van der Waals surface area contributed by atoms with Crippen LogP contribution in [-0.4, -0.2) is 27.6 Å². The number of carbonyl (C=O) groups excluding carboxylic acids is 1. The number of nitrogens with one attached hydrogen (secondary N) is 2. The van der Waals surface area contributed by atoms with Gasteiger partial charge in [-0.3, -0.25) is 4.79 Å². The van der Waals surface area contributed by atoms with E-state index in [1.165, 1.54) is 31.3 Å². The Kier molecular flexibility index (Phi) is 5.23. The Morgan fingerprint density at radius 3 is 2.36 bits per heavy atom. The highest BCUT2D eigenvalue weighted by molar-refractivity contribution is 7.98. The van der Waals surface area contributed by atoms with E-state index >= 15 is 0 Å². The molecule has 0 aliphatic rings. The molecule has 7 heteroatoms. The van der Waals surface area contributed by atoms with E-state index in [4.69, 9.17) is 0 Å². The van der Waals surface area contributed by atoms with Crippen LogP contribution in [0, 0.1) is 0 Å². The van der Waals surface area contributed by atoms with Gasteiger partial charge in [-0.05, 0) is 55.8 Å². The Bertz CT molecular complexity index is 772. The molecule has 0 bridgehead atoms. The van der Waals surface area contributed by atoms with Crippen LogP contribution in [0.25, 0.3) is 0 Å². The highest BCUT2D eigenvalue weighted by Crippen LogP contribution is 2.19. The third-order valence-electron chi connectivity index (χ3n) is 3.02. The zero-order chi connectivity index (χ0) is 16.2. The van der Waals surface area contributed by atoms with Crippen LogP contribution in [0.15, 0.2) is 58.3 Å². The van der Waals surface area contributed by atoms with Crippen LogP contribution in [0.4, 0.5) is 5.69 Å². The lowest BCUT2D eigenvalue weighted by Gasteiger charge is -2.07. The standard InChI is InChI=1S/C15H16N2O3S2/c1-16-22(19,20)14-8-6-11(7-9-14)15(18)17-12-4-3-5-13(10-12)21-2/h3-10,16H,1-2H3,(H,17,18). The van der Waals surface area contributed by atoms with E-state index in [1.54, 1.807) is 17.8 Å². The van der Waals surface area contributed by atoms with Crippen molar-refractivity contribution in [3.8, 4) is 0 Å². The smallest absolute Gasteiger partial charge is 0.255 e. The second-order valence-electron chi connectivity index (χ2n) is 4.42. The summed E-state index contributed by atoms with van der Waals surface area (Å²) >= 11 is 1.59. The molecular formula is C15H16N2O3S2. The number of sulfonamides is 1. The maximum absolute atomic E-state index is 12.2. The van der Waals surface area contributed by atoms with Gasteiger partial charge in [0.2, 0.25) is 10.0 Å². The van der Waals surface area contributed by atoms with E-state index in [0.29, 0.717) is 11.3 Å². The van der Waals surface area contributed by atoms with Crippen molar-refractivity contribution in [2.45, 2.75) is 9.79 Å².